The maximum absolute atomic E-state index is 13.0. The van der Waals surface area contributed by atoms with Gasteiger partial charge in [0, 0.05) is 12.8 Å². The van der Waals surface area contributed by atoms with Gasteiger partial charge in [-0.2, -0.15) is 0 Å². The van der Waals surface area contributed by atoms with Crippen LogP contribution in [0.3, 0.4) is 0 Å². The quantitative estimate of drug-likeness (QED) is 0.0185. The molecule has 11 atom stereocenters. The zero-order chi connectivity index (χ0) is 48.9. The van der Waals surface area contributed by atoms with Gasteiger partial charge in [0.2, 0.25) is 0 Å². The van der Waals surface area contributed by atoms with Crippen molar-refractivity contribution < 1.29 is 73.8 Å². The van der Waals surface area contributed by atoms with Crippen molar-refractivity contribution in [3.05, 3.63) is 48.6 Å². The molecule has 0 aliphatic carbocycles. The van der Waals surface area contributed by atoms with Gasteiger partial charge in [0.15, 0.2) is 18.7 Å². The zero-order valence-corrected chi connectivity index (χ0v) is 40.9. The Labute approximate surface area is 401 Å². The highest BCUT2D eigenvalue weighted by atomic mass is 16.7. The van der Waals surface area contributed by atoms with Crippen LogP contribution in [0.15, 0.2) is 48.6 Å². The average Bonchev–Trinajstić information content (AvgIpc) is 3.32. The summed E-state index contributed by atoms with van der Waals surface area (Å²) in [7, 11) is 0. The molecule has 0 bridgehead atoms. The molecule has 11 unspecified atom stereocenters. The van der Waals surface area contributed by atoms with E-state index in [-0.39, 0.29) is 19.4 Å². The second kappa shape index (κ2) is 39.2. The van der Waals surface area contributed by atoms with E-state index >= 15 is 0 Å². The Balaban J connectivity index is 1.82. The third-order valence-electron chi connectivity index (χ3n) is 12.0. The Kier molecular flexibility index (Phi) is 35.5. The summed E-state index contributed by atoms with van der Waals surface area (Å²) in [6, 6.07) is 0. The summed E-state index contributed by atoms with van der Waals surface area (Å²) >= 11 is 0. The second-order valence-corrected chi connectivity index (χ2v) is 18.0. The van der Waals surface area contributed by atoms with E-state index in [1.807, 2.05) is 0 Å². The summed E-state index contributed by atoms with van der Waals surface area (Å²) in [5.74, 6) is -0.955. The number of rotatable bonds is 39. The molecule has 15 heteroatoms. The molecule has 0 aromatic carbocycles. The second-order valence-electron chi connectivity index (χ2n) is 18.0. The highest BCUT2D eigenvalue weighted by molar-refractivity contribution is 5.70. The van der Waals surface area contributed by atoms with Gasteiger partial charge in [-0.25, -0.2) is 0 Å². The molecular weight excluding hydrogens is 865 g/mol. The van der Waals surface area contributed by atoms with Gasteiger partial charge >= 0.3 is 11.9 Å². The fourth-order valence-electron chi connectivity index (χ4n) is 7.81. The number of ether oxygens (including phenoxy) is 6. The molecule has 2 fully saturated rings. The van der Waals surface area contributed by atoms with Crippen molar-refractivity contribution in [3.8, 4) is 0 Å². The van der Waals surface area contributed by atoms with Crippen LogP contribution in [0.2, 0.25) is 0 Å². The molecule has 2 heterocycles. The van der Waals surface area contributed by atoms with Crippen LogP contribution in [-0.2, 0) is 38.0 Å². The van der Waals surface area contributed by atoms with Crippen molar-refractivity contribution >= 4 is 11.9 Å². The lowest BCUT2D eigenvalue weighted by molar-refractivity contribution is -0.332. The van der Waals surface area contributed by atoms with Gasteiger partial charge in [0.25, 0.3) is 0 Å². The van der Waals surface area contributed by atoms with Crippen molar-refractivity contribution in [1.82, 2.24) is 0 Å². The molecule has 0 saturated carbocycles. The smallest absolute Gasteiger partial charge is 0.306 e. The number of allylic oxidation sites excluding steroid dienone is 8. The first-order valence-electron chi connectivity index (χ1n) is 25.7. The van der Waals surface area contributed by atoms with Crippen molar-refractivity contribution in [2.24, 2.45) is 0 Å². The van der Waals surface area contributed by atoms with E-state index in [9.17, 15) is 45.3 Å². The third kappa shape index (κ3) is 27.4. The number of hydrogen-bond acceptors (Lipinski definition) is 15. The molecule has 0 aromatic rings. The molecule has 2 aliphatic heterocycles. The van der Waals surface area contributed by atoms with Crippen LogP contribution in [0.25, 0.3) is 0 Å². The molecule has 2 aliphatic rings. The van der Waals surface area contributed by atoms with Crippen LogP contribution in [0.4, 0.5) is 0 Å². The average molecular weight is 955 g/mol. The van der Waals surface area contributed by atoms with Crippen molar-refractivity contribution in [2.75, 3.05) is 26.4 Å². The summed E-state index contributed by atoms with van der Waals surface area (Å²) in [4.78, 5) is 25.8. The van der Waals surface area contributed by atoms with Crippen molar-refractivity contribution in [1.29, 1.82) is 0 Å². The van der Waals surface area contributed by atoms with Crippen LogP contribution in [0, 0.1) is 0 Å². The van der Waals surface area contributed by atoms with Crippen LogP contribution >= 0.6 is 0 Å². The van der Waals surface area contributed by atoms with Gasteiger partial charge < -0.3 is 64.2 Å². The first kappa shape index (κ1) is 60.6. The minimum atomic E-state index is -1.77. The van der Waals surface area contributed by atoms with Crippen LogP contribution in [-0.4, -0.2) is 142 Å². The Morgan fingerprint density at radius 1 is 0.493 bits per heavy atom. The Morgan fingerprint density at radius 2 is 0.940 bits per heavy atom. The van der Waals surface area contributed by atoms with Crippen molar-refractivity contribution in [3.63, 3.8) is 0 Å². The van der Waals surface area contributed by atoms with Crippen LogP contribution < -0.4 is 0 Å². The van der Waals surface area contributed by atoms with Gasteiger partial charge in [-0.15, -0.1) is 0 Å². The van der Waals surface area contributed by atoms with Gasteiger partial charge in [0.05, 0.1) is 19.8 Å². The predicted octanol–water partition coefficient (Wildman–Crippen LogP) is 7.10. The Bertz CT molecular complexity index is 1350. The lowest BCUT2D eigenvalue weighted by Gasteiger charge is -2.42. The van der Waals surface area contributed by atoms with E-state index in [0.717, 1.165) is 89.9 Å². The van der Waals surface area contributed by atoms with E-state index in [1.54, 1.807) is 0 Å². The molecule has 15 nitrogen and oxygen atoms in total. The molecular formula is C52H90O15. The van der Waals surface area contributed by atoms with Crippen LogP contribution in [0.5, 0.6) is 0 Å². The summed E-state index contributed by atoms with van der Waals surface area (Å²) < 4.78 is 33.5. The van der Waals surface area contributed by atoms with Crippen molar-refractivity contribution in [2.45, 2.75) is 242 Å². The Hall–Kier alpha value is -2.54. The summed E-state index contributed by atoms with van der Waals surface area (Å²) in [6.07, 6.45) is 25.7. The standard InChI is InChI=1S/C52H90O15/c1-3-5-7-9-11-13-15-17-19-21-22-24-26-28-30-32-34-43(54)62-37-40(65-44(55)35-33-31-29-27-25-23-20-18-16-14-12-10-8-6-4-2)38-63-51-50(61)48(59)46(57)42(67-51)39-64-52-49(60)47(58)45(56)41(36-53)66-52/h6,8,12,14,18-21,40-42,45-53,56-61H,3-5,7,9-11,13,15-17,22-39H2,1-2H3/b8-6-,14-12-,20-18-,21-19-. The fourth-order valence-corrected chi connectivity index (χ4v) is 7.81. The van der Waals surface area contributed by atoms with Crippen LogP contribution in [0.1, 0.15) is 174 Å². The fraction of sp³-hybridized carbons (Fsp3) is 0.808. The number of unbranched alkanes of at least 4 members (excludes halogenated alkanes) is 17. The number of esters is 2. The number of hydrogen-bond donors (Lipinski definition) is 7. The summed E-state index contributed by atoms with van der Waals surface area (Å²) in [5, 5.41) is 72.1. The molecule has 0 spiro atoms. The van der Waals surface area contributed by atoms with Gasteiger partial charge in [0.1, 0.15) is 55.4 Å². The first-order valence-corrected chi connectivity index (χ1v) is 25.7. The highest BCUT2D eigenvalue weighted by Gasteiger charge is 2.47. The van der Waals surface area contributed by atoms with Gasteiger partial charge in [-0.3, -0.25) is 9.59 Å². The minimum Gasteiger partial charge on any atom is -0.462 e. The topological polar surface area (TPSA) is 231 Å². The molecule has 2 rings (SSSR count). The predicted molar refractivity (Wildman–Crippen MR) is 257 cm³/mol. The molecule has 0 aromatic heterocycles. The lowest BCUT2D eigenvalue weighted by Crippen LogP contribution is -2.61. The molecule has 0 radical (unpaired) electrons. The Morgan fingerprint density at radius 3 is 1.49 bits per heavy atom. The van der Waals surface area contributed by atoms with E-state index in [1.165, 1.54) is 44.9 Å². The number of aliphatic hydroxyl groups excluding tert-OH is 7. The number of carbonyl (C=O) groups is 2. The maximum Gasteiger partial charge on any atom is 0.306 e. The molecule has 0 amide bonds. The highest BCUT2D eigenvalue weighted by Crippen LogP contribution is 2.26. The molecule has 388 valence electrons. The largest absolute Gasteiger partial charge is 0.462 e. The summed E-state index contributed by atoms with van der Waals surface area (Å²) in [6.45, 7) is 2.44. The number of aliphatic hydroxyl groups is 7. The lowest BCUT2D eigenvalue weighted by atomic mass is 9.98. The SMILES string of the molecule is CC/C=C\C/C=C\C/C=C\CCCCCCCC(=O)OC(COC(=O)CCCCCCC/C=C\CCCCCCCCC)COC1OC(COC2OC(CO)C(O)C(O)C2O)C(O)C(O)C1O. The first-order chi connectivity index (χ1) is 32.5. The molecule has 2 saturated heterocycles. The van der Waals surface area contributed by atoms with E-state index < -0.39 is 99.3 Å². The zero-order valence-electron chi connectivity index (χ0n) is 40.9. The van der Waals surface area contributed by atoms with E-state index in [0.29, 0.717) is 12.8 Å². The molecule has 7 N–H and O–H groups in total. The maximum atomic E-state index is 13.0. The minimum absolute atomic E-state index is 0.143. The van der Waals surface area contributed by atoms with E-state index in [2.05, 4.69) is 62.5 Å². The van der Waals surface area contributed by atoms with E-state index in [4.69, 9.17) is 28.4 Å². The van der Waals surface area contributed by atoms with Gasteiger partial charge in [-0.05, 0) is 70.6 Å². The third-order valence-corrected chi connectivity index (χ3v) is 12.0. The van der Waals surface area contributed by atoms with Gasteiger partial charge in [-0.1, -0.05) is 140 Å². The number of carbonyl (C=O) groups excluding carboxylic acids is 2. The monoisotopic (exact) mass is 955 g/mol. The molecule has 67 heavy (non-hydrogen) atoms. The summed E-state index contributed by atoms with van der Waals surface area (Å²) in [5.41, 5.74) is 0. The normalized spacial score (nSPS) is 26.3.